The van der Waals surface area contributed by atoms with Gasteiger partial charge in [-0.3, -0.25) is 0 Å². The minimum absolute atomic E-state index is 0.560. The Balaban J connectivity index is 2.07. The van der Waals surface area contributed by atoms with E-state index in [4.69, 9.17) is 0 Å². The Bertz CT molecular complexity index is 451. The number of nitrogens with one attached hydrogen (secondary N) is 2. The van der Waals surface area contributed by atoms with Crippen molar-refractivity contribution in [1.82, 2.24) is 9.97 Å². The normalized spacial score (nSPS) is 26.3. The summed E-state index contributed by atoms with van der Waals surface area (Å²) in [6.45, 7) is 4.86. The van der Waals surface area contributed by atoms with Crippen LogP contribution >= 0.6 is 0 Å². The highest BCUT2D eigenvalue weighted by Crippen LogP contribution is 2.32. The summed E-state index contributed by atoms with van der Waals surface area (Å²) in [7, 11) is 1.86. The van der Waals surface area contributed by atoms with Gasteiger partial charge < -0.3 is 15.7 Å². The molecule has 0 saturated heterocycles. The van der Waals surface area contributed by atoms with E-state index in [0.29, 0.717) is 12.5 Å². The number of rotatable bonds is 5. The number of nitrogens with zero attached hydrogens (tertiary/aromatic N) is 2. The molecule has 1 saturated carbocycles. The van der Waals surface area contributed by atoms with Crippen LogP contribution in [0.4, 0.5) is 11.6 Å². The summed E-state index contributed by atoms with van der Waals surface area (Å²) in [6, 6.07) is 0. The van der Waals surface area contributed by atoms with E-state index in [-0.39, 0.29) is 0 Å². The molecule has 5 heteroatoms. The number of hydrogen-bond donors (Lipinski definition) is 3. The topological polar surface area (TPSA) is 70.1 Å². The molecule has 1 fully saturated rings. The van der Waals surface area contributed by atoms with Gasteiger partial charge in [-0.2, -0.15) is 0 Å². The van der Waals surface area contributed by atoms with Gasteiger partial charge in [-0.25, -0.2) is 9.97 Å². The Kier molecular flexibility index (Phi) is 4.81. The molecule has 20 heavy (non-hydrogen) atoms. The molecule has 2 atom stereocenters. The van der Waals surface area contributed by atoms with Crippen LogP contribution in [0.15, 0.2) is 6.33 Å². The van der Waals surface area contributed by atoms with Crippen LogP contribution in [0, 0.1) is 5.92 Å². The molecule has 2 unspecified atom stereocenters. The summed E-state index contributed by atoms with van der Waals surface area (Å²) in [5, 5.41) is 17.1. The summed E-state index contributed by atoms with van der Waals surface area (Å²) < 4.78 is 0. The van der Waals surface area contributed by atoms with Crippen molar-refractivity contribution < 1.29 is 5.11 Å². The van der Waals surface area contributed by atoms with Gasteiger partial charge in [0.2, 0.25) is 0 Å². The Morgan fingerprint density at radius 1 is 1.40 bits per heavy atom. The van der Waals surface area contributed by atoms with E-state index in [2.05, 4.69) is 34.4 Å². The van der Waals surface area contributed by atoms with Gasteiger partial charge in [-0.05, 0) is 25.2 Å². The zero-order valence-electron chi connectivity index (χ0n) is 12.7. The van der Waals surface area contributed by atoms with Crippen molar-refractivity contribution in [1.29, 1.82) is 0 Å². The minimum atomic E-state index is -0.604. The van der Waals surface area contributed by atoms with Gasteiger partial charge in [-0.15, -0.1) is 0 Å². The fourth-order valence-electron chi connectivity index (χ4n) is 3.16. The maximum absolute atomic E-state index is 10.7. The first-order chi connectivity index (χ1) is 9.58. The van der Waals surface area contributed by atoms with E-state index in [1.807, 2.05) is 7.05 Å². The van der Waals surface area contributed by atoms with Crippen LogP contribution in [-0.4, -0.2) is 34.3 Å². The average Bonchev–Trinajstić information content (AvgIpc) is 2.44. The summed E-state index contributed by atoms with van der Waals surface area (Å²) >= 11 is 0. The molecule has 0 radical (unpaired) electrons. The Morgan fingerprint density at radius 2 is 2.15 bits per heavy atom. The molecule has 112 valence electrons. The third kappa shape index (κ3) is 3.39. The van der Waals surface area contributed by atoms with Crippen molar-refractivity contribution in [3.05, 3.63) is 11.9 Å². The van der Waals surface area contributed by atoms with Crippen LogP contribution in [0.2, 0.25) is 0 Å². The van der Waals surface area contributed by atoms with Gasteiger partial charge in [0, 0.05) is 19.2 Å². The SMILES string of the molecule is CCc1c(NC)ncnc1NCC1(O)CCCC(C)C1. The molecule has 0 aliphatic heterocycles. The van der Waals surface area contributed by atoms with Crippen molar-refractivity contribution in [2.45, 2.75) is 51.6 Å². The molecule has 2 rings (SSSR count). The lowest BCUT2D eigenvalue weighted by Gasteiger charge is -2.35. The number of hydrogen-bond acceptors (Lipinski definition) is 5. The molecule has 0 bridgehead atoms. The van der Waals surface area contributed by atoms with Crippen LogP contribution in [0.3, 0.4) is 0 Å². The van der Waals surface area contributed by atoms with E-state index < -0.39 is 5.60 Å². The van der Waals surface area contributed by atoms with Crippen LogP contribution in [0.25, 0.3) is 0 Å². The summed E-state index contributed by atoms with van der Waals surface area (Å²) in [6.07, 6.45) is 6.47. The molecule has 1 aliphatic rings. The van der Waals surface area contributed by atoms with Crippen LogP contribution in [-0.2, 0) is 6.42 Å². The average molecular weight is 278 g/mol. The first-order valence-corrected chi connectivity index (χ1v) is 7.56. The van der Waals surface area contributed by atoms with E-state index in [1.54, 1.807) is 6.33 Å². The molecule has 0 spiro atoms. The van der Waals surface area contributed by atoms with Crippen LogP contribution in [0.5, 0.6) is 0 Å². The van der Waals surface area contributed by atoms with Gasteiger partial charge in [0.15, 0.2) is 0 Å². The molecule has 0 aromatic carbocycles. The van der Waals surface area contributed by atoms with E-state index in [9.17, 15) is 5.11 Å². The van der Waals surface area contributed by atoms with Crippen molar-refractivity contribution in [3.63, 3.8) is 0 Å². The second-order valence-corrected chi connectivity index (χ2v) is 5.93. The van der Waals surface area contributed by atoms with Crippen molar-refractivity contribution in [2.24, 2.45) is 5.92 Å². The second kappa shape index (κ2) is 6.39. The zero-order valence-corrected chi connectivity index (χ0v) is 12.7. The van der Waals surface area contributed by atoms with Gasteiger partial charge in [-0.1, -0.05) is 26.7 Å². The lowest BCUT2D eigenvalue weighted by Crippen LogP contribution is -2.41. The molecule has 1 aliphatic carbocycles. The molecule has 1 aromatic heterocycles. The van der Waals surface area contributed by atoms with Crippen LogP contribution in [0.1, 0.15) is 45.1 Å². The van der Waals surface area contributed by atoms with Gasteiger partial charge in [0.25, 0.3) is 0 Å². The molecule has 0 amide bonds. The van der Waals surface area contributed by atoms with E-state index in [0.717, 1.165) is 42.9 Å². The molecular formula is C15H26N4O. The third-order valence-electron chi connectivity index (χ3n) is 4.19. The third-order valence-corrected chi connectivity index (χ3v) is 4.19. The molecular weight excluding hydrogens is 252 g/mol. The quantitative estimate of drug-likeness (QED) is 0.771. The highest BCUT2D eigenvalue weighted by Gasteiger charge is 2.32. The summed E-state index contributed by atoms with van der Waals surface area (Å²) in [5.41, 5.74) is 0.468. The first kappa shape index (κ1) is 15.0. The highest BCUT2D eigenvalue weighted by atomic mass is 16.3. The second-order valence-electron chi connectivity index (χ2n) is 5.93. The molecule has 3 N–H and O–H groups in total. The van der Waals surface area contributed by atoms with E-state index >= 15 is 0 Å². The Labute approximate surface area is 121 Å². The minimum Gasteiger partial charge on any atom is -0.388 e. The lowest BCUT2D eigenvalue weighted by atomic mass is 9.79. The predicted octanol–water partition coefficient (Wildman–Crippen LogP) is 2.43. The number of aromatic nitrogens is 2. The Morgan fingerprint density at radius 3 is 2.80 bits per heavy atom. The standard InChI is InChI=1S/C15H26N4O/c1-4-12-13(16-3)18-10-19-14(12)17-9-15(20)7-5-6-11(2)8-15/h10-11,20H,4-9H2,1-3H3,(H2,16,17,18,19). The zero-order chi connectivity index (χ0) is 14.6. The molecule has 5 nitrogen and oxygen atoms in total. The largest absolute Gasteiger partial charge is 0.388 e. The fourth-order valence-corrected chi connectivity index (χ4v) is 3.16. The molecule has 1 heterocycles. The number of anilines is 2. The fraction of sp³-hybridized carbons (Fsp3) is 0.733. The highest BCUT2D eigenvalue weighted by molar-refractivity contribution is 5.57. The van der Waals surface area contributed by atoms with Gasteiger partial charge >= 0.3 is 0 Å². The summed E-state index contributed by atoms with van der Waals surface area (Å²) in [5.74, 6) is 2.28. The first-order valence-electron chi connectivity index (χ1n) is 7.56. The maximum atomic E-state index is 10.7. The van der Waals surface area contributed by atoms with Crippen LogP contribution < -0.4 is 10.6 Å². The smallest absolute Gasteiger partial charge is 0.134 e. The van der Waals surface area contributed by atoms with Gasteiger partial charge in [0.05, 0.1) is 5.60 Å². The van der Waals surface area contributed by atoms with Gasteiger partial charge in [0.1, 0.15) is 18.0 Å². The molecule has 1 aromatic rings. The van der Waals surface area contributed by atoms with Crippen molar-refractivity contribution in [2.75, 3.05) is 24.2 Å². The number of aliphatic hydroxyl groups is 1. The lowest BCUT2D eigenvalue weighted by molar-refractivity contribution is -0.000838. The Hall–Kier alpha value is -1.36. The van der Waals surface area contributed by atoms with Crippen molar-refractivity contribution >= 4 is 11.6 Å². The maximum Gasteiger partial charge on any atom is 0.134 e. The predicted molar refractivity (Wildman–Crippen MR) is 82.0 cm³/mol. The monoisotopic (exact) mass is 278 g/mol. The van der Waals surface area contributed by atoms with Crippen molar-refractivity contribution in [3.8, 4) is 0 Å². The van der Waals surface area contributed by atoms with E-state index in [1.165, 1.54) is 6.42 Å². The summed E-state index contributed by atoms with van der Waals surface area (Å²) in [4.78, 5) is 8.55.